The lowest BCUT2D eigenvalue weighted by Crippen LogP contribution is -2.28. The van der Waals surface area contributed by atoms with Crippen LogP contribution in [0.4, 0.5) is 0 Å². The van der Waals surface area contributed by atoms with Crippen molar-refractivity contribution in [3.05, 3.63) is 56.8 Å². The zero-order chi connectivity index (χ0) is 13.1. The molecule has 18 heavy (non-hydrogen) atoms. The number of nitrogens with two attached hydrogens (primary N) is 1. The molecule has 0 saturated heterocycles. The maximum absolute atomic E-state index is 5.76. The number of rotatable bonds is 4. The zero-order valence-electron chi connectivity index (χ0n) is 11.2. The van der Waals surface area contributed by atoms with Crippen molar-refractivity contribution in [3.63, 3.8) is 0 Å². The number of benzene rings is 1. The molecule has 96 valence electrons. The van der Waals surface area contributed by atoms with Crippen LogP contribution < -0.4 is 11.3 Å². The first-order valence-electron chi connectivity index (χ1n) is 6.27. The number of thiophene rings is 1. The molecule has 1 heterocycles. The Morgan fingerprint density at radius 1 is 1.22 bits per heavy atom. The molecular formula is C15H20N2S. The van der Waals surface area contributed by atoms with Gasteiger partial charge >= 0.3 is 0 Å². The van der Waals surface area contributed by atoms with Gasteiger partial charge in [0, 0.05) is 4.88 Å². The van der Waals surface area contributed by atoms with Gasteiger partial charge in [-0.25, -0.2) is 5.43 Å². The second-order valence-corrected chi connectivity index (χ2v) is 5.55. The van der Waals surface area contributed by atoms with Gasteiger partial charge in [0.15, 0.2) is 0 Å². The van der Waals surface area contributed by atoms with Crippen molar-refractivity contribution in [3.8, 4) is 0 Å². The first-order chi connectivity index (χ1) is 8.67. The third-order valence-corrected chi connectivity index (χ3v) is 4.48. The molecule has 0 aliphatic carbocycles. The van der Waals surface area contributed by atoms with Crippen LogP contribution in [0.25, 0.3) is 0 Å². The first-order valence-corrected chi connectivity index (χ1v) is 7.14. The zero-order valence-corrected chi connectivity index (χ0v) is 12.0. The van der Waals surface area contributed by atoms with E-state index in [-0.39, 0.29) is 6.04 Å². The van der Waals surface area contributed by atoms with Crippen molar-refractivity contribution in [1.82, 2.24) is 5.43 Å². The molecule has 0 amide bonds. The minimum Gasteiger partial charge on any atom is -0.271 e. The molecule has 1 atom stereocenters. The van der Waals surface area contributed by atoms with Gasteiger partial charge < -0.3 is 0 Å². The van der Waals surface area contributed by atoms with Gasteiger partial charge in [0.05, 0.1) is 6.04 Å². The van der Waals surface area contributed by atoms with Crippen molar-refractivity contribution in [2.75, 3.05) is 0 Å². The van der Waals surface area contributed by atoms with Gasteiger partial charge in [-0.2, -0.15) is 0 Å². The highest BCUT2D eigenvalue weighted by molar-refractivity contribution is 7.10. The Bertz CT molecular complexity index is 531. The van der Waals surface area contributed by atoms with Gasteiger partial charge in [0.2, 0.25) is 0 Å². The summed E-state index contributed by atoms with van der Waals surface area (Å²) < 4.78 is 0. The van der Waals surface area contributed by atoms with Crippen molar-refractivity contribution >= 4 is 11.3 Å². The SMILES string of the molecule is CCc1ccsc1C(NN)c1ccc(C)c(C)c1. The average molecular weight is 260 g/mol. The predicted molar refractivity (Wildman–Crippen MR) is 78.8 cm³/mol. The molecule has 0 bridgehead atoms. The molecule has 1 aromatic heterocycles. The maximum Gasteiger partial charge on any atom is 0.0805 e. The quantitative estimate of drug-likeness (QED) is 0.652. The number of hydrazine groups is 1. The molecular weight excluding hydrogens is 240 g/mol. The second-order valence-electron chi connectivity index (χ2n) is 4.61. The molecule has 0 saturated carbocycles. The van der Waals surface area contributed by atoms with E-state index >= 15 is 0 Å². The van der Waals surface area contributed by atoms with Crippen LogP contribution in [0.5, 0.6) is 0 Å². The molecule has 2 aromatic rings. The largest absolute Gasteiger partial charge is 0.271 e. The standard InChI is InChI=1S/C15H20N2S/c1-4-12-7-8-18-15(12)14(17-16)13-6-5-10(2)11(3)9-13/h5-9,14,17H,4,16H2,1-3H3. The van der Waals surface area contributed by atoms with Crippen LogP contribution in [0, 0.1) is 13.8 Å². The van der Waals surface area contributed by atoms with E-state index in [9.17, 15) is 0 Å². The summed E-state index contributed by atoms with van der Waals surface area (Å²) in [6.07, 6.45) is 1.04. The second kappa shape index (κ2) is 5.65. The van der Waals surface area contributed by atoms with Crippen LogP contribution >= 0.6 is 11.3 Å². The van der Waals surface area contributed by atoms with E-state index < -0.39 is 0 Å². The molecule has 0 aliphatic heterocycles. The molecule has 0 fully saturated rings. The van der Waals surface area contributed by atoms with Gasteiger partial charge in [0.25, 0.3) is 0 Å². The fourth-order valence-corrected chi connectivity index (χ4v) is 3.24. The van der Waals surface area contributed by atoms with Gasteiger partial charge in [-0.15, -0.1) is 11.3 Å². The Balaban J connectivity index is 2.42. The van der Waals surface area contributed by atoms with Crippen LogP contribution in [0.15, 0.2) is 29.6 Å². The molecule has 0 spiro atoms. The molecule has 2 rings (SSSR count). The molecule has 3 N–H and O–H groups in total. The molecule has 1 aromatic carbocycles. The molecule has 1 unspecified atom stereocenters. The lowest BCUT2D eigenvalue weighted by molar-refractivity contribution is 0.641. The topological polar surface area (TPSA) is 38.0 Å². The van der Waals surface area contributed by atoms with Gasteiger partial charge in [-0.1, -0.05) is 25.1 Å². The highest BCUT2D eigenvalue weighted by Gasteiger charge is 2.17. The Hall–Kier alpha value is -1.16. The van der Waals surface area contributed by atoms with E-state index in [0.717, 1.165) is 6.42 Å². The van der Waals surface area contributed by atoms with Gasteiger partial charge in [-0.3, -0.25) is 5.84 Å². The lowest BCUT2D eigenvalue weighted by atomic mass is 9.98. The van der Waals surface area contributed by atoms with Crippen molar-refractivity contribution in [2.24, 2.45) is 5.84 Å². The molecule has 0 radical (unpaired) electrons. The van der Waals surface area contributed by atoms with E-state index in [4.69, 9.17) is 5.84 Å². The van der Waals surface area contributed by atoms with Crippen LogP contribution in [-0.4, -0.2) is 0 Å². The Morgan fingerprint density at radius 2 is 2.00 bits per heavy atom. The fourth-order valence-electron chi connectivity index (χ4n) is 2.16. The van der Waals surface area contributed by atoms with Gasteiger partial charge in [0.1, 0.15) is 0 Å². The minimum absolute atomic E-state index is 0.0965. The highest BCUT2D eigenvalue weighted by atomic mass is 32.1. The van der Waals surface area contributed by atoms with E-state index in [2.05, 4.69) is 55.8 Å². The van der Waals surface area contributed by atoms with E-state index in [1.807, 2.05) is 0 Å². The summed E-state index contributed by atoms with van der Waals surface area (Å²) in [6.45, 7) is 6.45. The summed E-state index contributed by atoms with van der Waals surface area (Å²) in [5.74, 6) is 5.76. The van der Waals surface area contributed by atoms with Crippen LogP contribution in [0.1, 0.15) is 40.1 Å². The molecule has 0 aliphatic rings. The van der Waals surface area contributed by atoms with Crippen LogP contribution in [-0.2, 0) is 6.42 Å². The molecule has 2 nitrogen and oxygen atoms in total. The van der Waals surface area contributed by atoms with Crippen LogP contribution in [0.2, 0.25) is 0 Å². The Kier molecular flexibility index (Phi) is 4.17. The molecule has 3 heteroatoms. The fraction of sp³-hybridized carbons (Fsp3) is 0.333. The van der Waals surface area contributed by atoms with E-state index in [1.165, 1.54) is 27.1 Å². The number of hydrogen-bond donors (Lipinski definition) is 2. The average Bonchev–Trinajstić information content (AvgIpc) is 2.83. The van der Waals surface area contributed by atoms with Crippen LogP contribution in [0.3, 0.4) is 0 Å². The summed E-state index contributed by atoms with van der Waals surface area (Å²) in [4.78, 5) is 1.32. The van der Waals surface area contributed by atoms with Crippen molar-refractivity contribution < 1.29 is 0 Å². The number of hydrogen-bond acceptors (Lipinski definition) is 3. The summed E-state index contributed by atoms with van der Waals surface area (Å²) in [6, 6.07) is 8.82. The summed E-state index contributed by atoms with van der Waals surface area (Å²) in [7, 11) is 0. The van der Waals surface area contributed by atoms with Crippen molar-refractivity contribution in [2.45, 2.75) is 33.2 Å². The summed E-state index contributed by atoms with van der Waals surface area (Å²) >= 11 is 1.77. The lowest BCUT2D eigenvalue weighted by Gasteiger charge is -2.18. The third kappa shape index (κ3) is 2.48. The van der Waals surface area contributed by atoms with Gasteiger partial charge in [-0.05, 0) is 54.0 Å². The highest BCUT2D eigenvalue weighted by Crippen LogP contribution is 2.30. The Morgan fingerprint density at radius 3 is 2.61 bits per heavy atom. The monoisotopic (exact) mass is 260 g/mol. The van der Waals surface area contributed by atoms with E-state index in [1.54, 1.807) is 11.3 Å². The minimum atomic E-state index is 0.0965. The Labute approximate surface area is 113 Å². The van der Waals surface area contributed by atoms with Crippen molar-refractivity contribution in [1.29, 1.82) is 0 Å². The third-order valence-electron chi connectivity index (χ3n) is 3.45. The van der Waals surface area contributed by atoms with E-state index in [0.29, 0.717) is 0 Å². The predicted octanol–water partition coefficient (Wildman–Crippen LogP) is 3.48. The normalized spacial score (nSPS) is 12.7. The first kappa shape index (κ1) is 13.3. The number of nitrogens with one attached hydrogen (secondary N) is 1. The maximum atomic E-state index is 5.76. The number of aryl methyl sites for hydroxylation is 3. The smallest absolute Gasteiger partial charge is 0.0805 e. The summed E-state index contributed by atoms with van der Waals surface area (Å²) in [5, 5.41) is 2.14. The summed E-state index contributed by atoms with van der Waals surface area (Å²) in [5.41, 5.74) is 8.19.